The largest absolute Gasteiger partial charge is 0.465 e. The molecular weight excluding hydrogens is 463 g/mol. The Bertz CT molecular complexity index is 1040. The number of anilines is 2. The number of nitrogens with one attached hydrogen (secondary N) is 2. The first kappa shape index (κ1) is 20.4. The predicted molar refractivity (Wildman–Crippen MR) is 120 cm³/mol. The van der Waals surface area contributed by atoms with Gasteiger partial charge >= 0.3 is 5.97 Å². The van der Waals surface area contributed by atoms with Crippen molar-refractivity contribution in [1.29, 1.82) is 0 Å². The molecule has 144 valence electrons. The summed E-state index contributed by atoms with van der Waals surface area (Å²) in [4.78, 5) is 13.4. The second-order valence-electron chi connectivity index (χ2n) is 5.80. The zero-order valence-corrected chi connectivity index (χ0v) is 18.2. The first-order chi connectivity index (χ1) is 13.4. The topological polar surface area (TPSA) is 50.4 Å². The first-order valence-corrected chi connectivity index (χ1v) is 10.2. The molecule has 0 saturated carbocycles. The van der Waals surface area contributed by atoms with Crippen LogP contribution in [0.15, 0.2) is 53.0 Å². The molecule has 2 aromatic carbocycles. The Morgan fingerprint density at radius 3 is 2.54 bits per heavy atom. The zero-order chi connectivity index (χ0) is 20.3. The van der Waals surface area contributed by atoms with Crippen LogP contribution >= 0.6 is 39.5 Å². The Kier molecular flexibility index (Phi) is 6.43. The molecule has 1 heterocycles. The van der Waals surface area contributed by atoms with Gasteiger partial charge in [0.05, 0.1) is 12.8 Å². The van der Waals surface area contributed by atoms with Gasteiger partial charge in [0.1, 0.15) is 16.4 Å². The van der Waals surface area contributed by atoms with Crippen molar-refractivity contribution in [1.82, 2.24) is 0 Å². The maximum absolute atomic E-state index is 14.0. The molecule has 28 heavy (non-hydrogen) atoms. The number of hydrogen-bond acceptors (Lipinski definition) is 4. The SMILES string of the molecule is COC(=O)c1c(NC(=S)Nc2ccc(Br)cc2F)sc(C)c1-c1ccccc1. The number of esters is 1. The number of ether oxygens (including phenoxy) is 1. The molecular formula is C20H16BrFN2O2S2. The molecule has 2 N–H and O–H groups in total. The minimum atomic E-state index is -0.469. The minimum Gasteiger partial charge on any atom is -0.465 e. The standard InChI is InChI=1S/C20H16BrFN2O2S2/c1-11-16(12-6-4-3-5-7-12)17(19(25)26-2)18(28-11)24-20(27)23-15-9-8-13(21)10-14(15)22/h3-10H,1-2H3,(H2,23,24,27). The molecule has 0 aliphatic rings. The van der Waals surface area contributed by atoms with Crippen molar-refractivity contribution in [3.63, 3.8) is 0 Å². The smallest absolute Gasteiger partial charge is 0.341 e. The third kappa shape index (κ3) is 4.40. The van der Waals surface area contributed by atoms with Crippen LogP contribution in [-0.4, -0.2) is 18.2 Å². The molecule has 0 aliphatic heterocycles. The lowest BCUT2D eigenvalue weighted by Gasteiger charge is -2.12. The lowest BCUT2D eigenvalue weighted by molar-refractivity contribution is 0.0603. The Balaban J connectivity index is 1.93. The van der Waals surface area contributed by atoms with Crippen LogP contribution in [0.1, 0.15) is 15.2 Å². The normalized spacial score (nSPS) is 10.4. The van der Waals surface area contributed by atoms with Crippen LogP contribution in [0.5, 0.6) is 0 Å². The average molecular weight is 479 g/mol. The fourth-order valence-corrected chi connectivity index (χ4v) is 4.41. The van der Waals surface area contributed by atoms with E-state index in [-0.39, 0.29) is 10.8 Å². The molecule has 0 unspecified atom stereocenters. The number of hydrogen-bond donors (Lipinski definition) is 2. The van der Waals surface area contributed by atoms with Gasteiger partial charge in [0.25, 0.3) is 0 Å². The highest BCUT2D eigenvalue weighted by Crippen LogP contribution is 2.40. The van der Waals surface area contributed by atoms with Crippen molar-refractivity contribution in [3.05, 3.63) is 69.3 Å². The summed E-state index contributed by atoms with van der Waals surface area (Å²) in [6.45, 7) is 1.93. The summed E-state index contributed by atoms with van der Waals surface area (Å²) < 4.78 is 19.7. The lowest BCUT2D eigenvalue weighted by atomic mass is 10.0. The van der Waals surface area contributed by atoms with E-state index in [9.17, 15) is 9.18 Å². The van der Waals surface area contributed by atoms with Gasteiger partial charge in [-0.25, -0.2) is 9.18 Å². The summed E-state index contributed by atoms with van der Waals surface area (Å²) in [6, 6.07) is 14.2. The van der Waals surface area contributed by atoms with E-state index in [1.54, 1.807) is 12.1 Å². The fraction of sp³-hybridized carbons (Fsp3) is 0.100. The second-order valence-corrected chi connectivity index (χ2v) is 8.35. The summed E-state index contributed by atoms with van der Waals surface area (Å²) in [6.07, 6.45) is 0. The Labute approximate surface area is 179 Å². The van der Waals surface area contributed by atoms with Gasteiger partial charge in [0.15, 0.2) is 5.11 Å². The highest BCUT2D eigenvalue weighted by atomic mass is 79.9. The molecule has 0 amide bonds. The van der Waals surface area contributed by atoms with E-state index >= 15 is 0 Å². The summed E-state index contributed by atoms with van der Waals surface area (Å²) in [7, 11) is 1.33. The van der Waals surface area contributed by atoms with Gasteiger partial charge in [0.2, 0.25) is 0 Å². The van der Waals surface area contributed by atoms with E-state index < -0.39 is 11.8 Å². The number of thiophene rings is 1. The van der Waals surface area contributed by atoms with Crippen molar-refractivity contribution < 1.29 is 13.9 Å². The van der Waals surface area contributed by atoms with E-state index in [1.165, 1.54) is 24.5 Å². The monoisotopic (exact) mass is 478 g/mol. The van der Waals surface area contributed by atoms with Gasteiger partial charge in [-0.15, -0.1) is 11.3 Å². The number of carbonyl (C=O) groups excluding carboxylic acids is 1. The van der Waals surface area contributed by atoms with Crippen molar-refractivity contribution in [2.24, 2.45) is 0 Å². The Morgan fingerprint density at radius 2 is 1.89 bits per heavy atom. The van der Waals surface area contributed by atoms with Gasteiger partial charge in [-0.05, 0) is 42.9 Å². The van der Waals surface area contributed by atoms with Crippen LogP contribution in [0.3, 0.4) is 0 Å². The fourth-order valence-electron chi connectivity index (χ4n) is 2.73. The van der Waals surface area contributed by atoms with Crippen molar-refractivity contribution in [2.75, 3.05) is 17.7 Å². The third-order valence-corrected chi connectivity index (χ3v) is 5.66. The zero-order valence-electron chi connectivity index (χ0n) is 15.0. The van der Waals surface area contributed by atoms with Crippen LogP contribution in [0.2, 0.25) is 0 Å². The number of aryl methyl sites for hydroxylation is 1. The number of benzene rings is 2. The average Bonchev–Trinajstić information content (AvgIpc) is 2.99. The first-order valence-electron chi connectivity index (χ1n) is 8.21. The van der Waals surface area contributed by atoms with Crippen LogP contribution < -0.4 is 10.6 Å². The molecule has 3 aromatic rings. The third-order valence-electron chi connectivity index (χ3n) is 3.94. The molecule has 0 aliphatic carbocycles. The van der Waals surface area contributed by atoms with E-state index in [2.05, 4.69) is 26.6 Å². The molecule has 1 aromatic heterocycles. The molecule has 0 saturated heterocycles. The van der Waals surface area contributed by atoms with Gasteiger partial charge in [-0.1, -0.05) is 46.3 Å². The van der Waals surface area contributed by atoms with E-state index in [0.29, 0.717) is 15.0 Å². The van der Waals surface area contributed by atoms with Crippen LogP contribution in [-0.2, 0) is 4.74 Å². The predicted octanol–water partition coefficient (Wildman–Crippen LogP) is 6.22. The van der Waals surface area contributed by atoms with E-state index in [0.717, 1.165) is 16.0 Å². The molecule has 3 rings (SSSR count). The Morgan fingerprint density at radius 1 is 1.18 bits per heavy atom. The summed E-state index contributed by atoms with van der Waals surface area (Å²) in [5.74, 6) is -0.914. The maximum atomic E-state index is 14.0. The number of thiocarbonyl (C=S) groups is 1. The van der Waals surface area contributed by atoms with Gasteiger partial charge in [-0.3, -0.25) is 0 Å². The number of carbonyl (C=O) groups is 1. The highest BCUT2D eigenvalue weighted by molar-refractivity contribution is 9.10. The van der Waals surface area contributed by atoms with Crippen molar-refractivity contribution >= 4 is 61.3 Å². The maximum Gasteiger partial charge on any atom is 0.341 e. The van der Waals surface area contributed by atoms with Crippen molar-refractivity contribution in [2.45, 2.75) is 6.92 Å². The molecule has 0 spiro atoms. The summed E-state index contributed by atoms with van der Waals surface area (Å²) in [5.41, 5.74) is 2.33. The van der Waals surface area contributed by atoms with Gasteiger partial charge in [-0.2, -0.15) is 0 Å². The van der Waals surface area contributed by atoms with Crippen molar-refractivity contribution in [3.8, 4) is 11.1 Å². The van der Waals surface area contributed by atoms with Crippen LogP contribution in [0.25, 0.3) is 11.1 Å². The molecule has 4 nitrogen and oxygen atoms in total. The molecule has 0 fully saturated rings. The molecule has 0 bridgehead atoms. The van der Waals surface area contributed by atoms with Crippen LogP contribution in [0, 0.1) is 12.7 Å². The molecule has 0 radical (unpaired) electrons. The number of halogens is 2. The quantitative estimate of drug-likeness (QED) is 0.344. The minimum absolute atomic E-state index is 0.173. The lowest BCUT2D eigenvalue weighted by Crippen LogP contribution is -2.20. The summed E-state index contributed by atoms with van der Waals surface area (Å²) >= 11 is 9.92. The number of methoxy groups -OCH3 is 1. The summed E-state index contributed by atoms with van der Waals surface area (Å²) in [5, 5.41) is 6.54. The molecule has 8 heteroatoms. The van der Waals surface area contributed by atoms with Gasteiger partial charge < -0.3 is 15.4 Å². The van der Waals surface area contributed by atoms with E-state index in [4.69, 9.17) is 17.0 Å². The van der Waals surface area contributed by atoms with Crippen LogP contribution in [0.4, 0.5) is 15.1 Å². The number of rotatable bonds is 4. The highest BCUT2D eigenvalue weighted by Gasteiger charge is 2.24. The van der Waals surface area contributed by atoms with E-state index in [1.807, 2.05) is 37.3 Å². The Hall–Kier alpha value is -2.29. The second kappa shape index (κ2) is 8.81. The van der Waals surface area contributed by atoms with Gasteiger partial charge in [0, 0.05) is 14.9 Å². The molecule has 0 atom stereocenters.